The third-order valence-electron chi connectivity index (χ3n) is 2.24. The second kappa shape index (κ2) is 2.81. The summed E-state index contributed by atoms with van der Waals surface area (Å²) in [5.41, 5.74) is 1.13. The van der Waals surface area contributed by atoms with Gasteiger partial charge in [0, 0.05) is 12.4 Å². The van der Waals surface area contributed by atoms with Crippen molar-refractivity contribution < 1.29 is 0 Å². The van der Waals surface area contributed by atoms with Crippen LogP contribution < -0.4 is 0 Å². The fourth-order valence-corrected chi connectivity index (χ4v) is 1.36. The maximum absolute atomic E-state index is 9.02. The molecule has 0 radical (unpaired) electrons. The normalized spacial score (nSPS) is 11.5. The van der Waals surface area contributed by atoms with E-state index in [2.05, 4.69) is 16.0 Å². The monoisotopic (exact) mass is 186 g/mol. The Morgan fingerprint density at radius 3 is 2.93 bits per heavy atom. The summed E-state index contributed by atoms with van der Waals surface area (Å²) < 4.78 is 1.89. The van der Waals surface area contributed by atoms with Gasteiger partial charge in [0.15, 0.2) is 5.65 Å². The average molecular weight is 186 g/mol. The first kappa shape index (κ1) is 8.70. The van der Waals surface area contributed by atoms with Crippen molar-refractivity contribution in [1.29, 1.82) is 5.26 Å². The molecule has 0 bridgehead atoms. The highest BCUT2D eigenvalue weighted by Crippen LogP contribution is 2.22. The summed E-state index contributed by atoms with van der Waals surface area (Å²) in [7, 11) is 0. The van der Waals surface area contributed by atoms with Crippen LogP contribution in [-0.2, 0) is 5.41 Å². The number of rotatable bonds is 1. The van der Waals surface area contributed by atoms with Crippen LogP contribution in [0.1, 0.15) is 19.5 Å². The summed E-state index contributed by atoms with van der Waals surface area (Å²) in [4.78, 5) is 8.15. The van der Waals surface area contributed by atoms with Crippen LogP contribution in [0.3, 0.4) is 0 Å². The summed E-state index contributed by atoms with van der Waals surface area (Å²) in [5, 5.41) is 9.02. The van der Waals surface area contributed by atoms with Crippen LogP contribution in [-0.4, -0.2) is 14.4 Å². The fraction of sp³-hybridized carbons (Fsp3) is 0.300. The van der Waals surface area contributed by atoms with Gasteiger partial charge >= 0.3 is 0 Å². The minimum atomic E-state index is -0.527. The number of nitrogens with zero attached hydrogens (tertiary/aromatic N) is 4. The summed E-state index contributed by atoms with van der Waals surface area (Å²) in [5.74, 6) is 0. The predicted octanol–water partition coefficient (Wildman–Crippen LogP) is 1.53. The second-order valence-electron chi connectivity index (χ2n) is 3.68. The lowest BCUT2D eigenvalue weighted by Gasteiger charge is -2.13. The van der Waals surface area contributed by atoms with E-state index >= 15 is 0 Å². The molecule has 0 N–H and O–H groups in total. The van der Waals surface area contributed by atoms with Crippen molar-refractivity contribution in [2.75, 3.05) is 0 Å². The summed E-state index contributed by atoms with van der Waals surface area (Å²) in [6.45, 7) is 3.74. The highest BCUT2D eigenvalue weighted by molar-refractivity contribution is 5.40. The van der Waals surface area contributed by atoms with Crippen LogP contribution in [0.4, 0.5) is 0 Å². The number of nitriles is 1. The van der Waals surface area contributed by atoms with E-state index in [1.807, 2.05) is 24.4 Å². The molecule has 0 aliphatic carbocycles. The SMILES string of the molecule is CC(C)(C#N)c1cnc2cnccn12. The zero-order valence-electron chi connectivity index (χ0n) is 8.10. The van der Waals surface area contributed by atoms with Gasteiger partial charge in [-0.15, -0.1) is 0 Å². The van der Waals surface area contributed by atoms with Crippen molar-refractivity contribution in [2.24, 2.45) is 0 Å². The van der Waals surface area contributed by atoms with Crippen LogP contribution in [0.2, 0.25) is 0 Å². The molecule has 4 nitrogen and oxygen atoms in total. The second-order valence-corrected chi connectivity index (χ2v) is 3.68. The number of fused-ring (bicyclic) bond motifs is 1. The minimum Gasteiger partial charge on any atom is -0.300 e. The maximum atomic E-state index is 9.02. The molecule has 4 heteroatoms. The molecule has 14 heavy (non-hydrogen) atoms. The molecule has 2 heterocycles. The molecule has 70 valence electrons. The Hall–Kier alpha value is -1.89. The number of hydrogen-bond donors (Lipinski definition) is 0. The van der Waals surface area contributed by atoms with E-state index in [1.54, 1.807) is 18.6 Å². The van der Waals surface area contributed by atoms with Gasteiger partial charge < -0.3 is 0 Å². The zero-order chi connectivity index (χ0) is 10.2. The molecule has 0 aliphatic heterocycles. The zero-order valence-corrected chi connectivity index (χ0v) is 8.10. The van der Waals surface area contributed by atoms with Crippen LogP contribution in [0, 0.1) is 11.3 Å². The first-order valence-corrected chi connectivity index (χ1v) is 4.34. The van der Waals surface area contributed by atoms with Crippen molar-refractivity contribution in [3.05, 3.63) is 30.5 Å². The molecule has 2 rings (SSSR count). The van der Waals surface area contributed by atoms with Crippen molar-refractivity contribution in [3.63, 3.8) is 0 Å². The van der Waals surface area contributed by atoms with Crippen molar-refractivity contribution in [1.82, 2.24) is 14.4 Å². The van der Waals surface area contributed by atoms with Gasteiger partial charge in [0.1, 0.15) is 0 Å². The lowest BCUT2D eigenvalue weighted by atomic mass is 9.92. The first-order valence-electron chi connectivity index (χ1n) is 4.34. The molecule has 0 aromatic carbocycles. The Morgan fingerprint density at radius 1 is 1.43 bits per heavy atom. The van der Waals surface area contributed by atoms with Gasteiger partial charge in [0.05, 0.1) is 29.6 Å². The molecule has 0 aliphatic rings. The molecule has 2 aromatic rings. The Morgan fingerprint density at radius 2 is 2.21 bits per heavy atom. The van der Waals surface area contributed by atoms with Crippen molar-refractivity contribution in [2.45, 2.75) is 19.3 Å². The Balaban J connectivity index is 2.72. The highest BCUT2D eigenvalue weighted by Gasteiger charge is 2.23. The van der Waals surface area contributed by atoms with Gasteiger partial charge in [-0.2, -0.15) is 5.26 Å². The fourth-order valence-electron chi connectivity index (χ4n) is 1.36. The quantitative estimate of drug-likeness (QED) is 0.678. The van der Waals surface area contributed by atoms with Gasteiger partial charge in [-0.1, -0.05) is 0 Å². The standard InChI is InChI=1S/C10H10N4/c1-10(2,7-11)8-5-13-9-6-12-3-4-14(8)9/h3-6H,1-2H3. The molecule has 2 aromatic heterocycles. The van der Waals surface area contributed by atoms with Crippen LogP contribution in [0.5, 0.6) is 0 Å². The van der Waals surface area contributed by atoms with Crippen LogP contribution in [0.15, 0.2) is 24.8 Å². The van der Waals surface area contributed by atoms with Gasteiger partial charge in [-0.05, 0) is 13.8 Å². The predicted molar refractivity (Wildman–Crippen MR) is 51.6 cm³/mol. The summed E-state index contributed by atoms with van der Waals surface area (Å²) in [6, 6.07) is 2.25. The number of hydrogen-bond acceptors (Lipinski definition) is 3. The van der Waals surface area contributed by atoms with Gasteiger partial charge in [0.2, 0.25) is 0 Å². The molecule has 0 unspecified atom stereocenters. The molecule has 0 spiro atoms. The van der Waals surface area contributed by atoms with Gasteiger partial charge in [-0.25, -0.2) is 4.98 Å². The third kappa shape index (κ3) is 1.14. The van der Waals surface area contributed by atoms with E-state index in [1.165, 1.54) is 0 Å². The lowest BCUT2D eigenvalue weighted by molar-refractivity contribution is 0.651. The Kier molecular flexibility index (Phi) is 1.74. The van der Waals surface area contributed by atoms with E-state index in [9.17, 15) is 0 Å². The topological polar surface area (TPSA) is 54.0 Å². The lowest BCUT2D eigenvalue weighted by Crippen LogP contribution is -2.16. The molecule has 0 saturated carbocycles. The molecule has 0 amide bonds. The van der Waals surface area contributed by atoms with Crippen LogP contribution in [0.25, 0.3) is 5.65 Å². The maximum Gasteiger partial charge on any atom is 0.155 e. The molecular formula is C10H10N4. The van der Waals surface area contributed by atoms with E-state index in [4.69, 9.17) is 5.26 Å². The van der Waals surface area contributed by atoms with Crippen molar-refractivity contribution in [3.8, 4) is 6.07 Å². The van der Waals surface area contributed by atoms with E-state index in [0.29, 0.717) is 0 Å². The van der Waals surface area contributed by atoms with E-state index in [-0.39, 0.29) is 0 Å². The number of aromatic nitrogens is 3. The largest absolute Gasteiger partial charge is 0.300 e. The van der Waals surface area contributed by atoms with Crippen molar-refractivity contribution >= 4 is 5.65 Å². The molecule has 0 fully saturated rings. The molecular weight excluding hydrogens is 176 g/mol. The van der Waals surface area contributed by atoms with E-state index in [0.717, 1.165) is 11.3 Å². The van der Waals surface area contributed by atoms with Crippen LogP contribution >= 0.6 is 0 Å². The highest BCUT2D eigenvalue weighted by atomic mass is 15.0. The summed E-state index contributed by atoms with van der Waals surface area (Å²) in [6.07, 6.45) is 6.90. The first-order chi connectivity index (χ1) is 6.65. The van der Waals surface area contributed by atoms with Gasteiger partial charge in [0.25, 0.3) is 0 Å². The smallest absolute Gasteiger partial charge is 0.155 e. The third-order valence-corrected chi connectivity index (χ3v) is 2.24. The molecule has 0 atom stereocenters. The number of imidazole rings is 1. The Labute approximate surface area is 81.8 Å². The van der Waals surface area contributed by atoms with Gasteiger partial charge in [-0.3, -0.25) is 9.38 Å². The summed E-state index contributed by atoms with van der Waals surface area (Å²) >= 11 is 0. The average Bonchev–Trinajstić information content (AvgIpc) is 2.61. The molecule has 0 saturated heterocycles. The minimum absolute atomic E-state index is 0.527. The van der Waals surface area contributed by atoms with E-state index < -0.39 is 5.41 Å². The Bertz CT molecular complexity index is 504.